The molecule has 0 radical (unpaired) electrons. The number of carbonyl (C=O) groups excluding carboxylic acids is 1. The number of aromatic nitrogens is 3. The summed E-state index contributed by atoms with van der Waals surface area (Å²) in [6.07, 6.45) is 3.56. The molecular formula is C21H28ClN5O. The standard InChI is InChI=1S/C21H27N5O.ClH/c1-14-17(9-10-20(27)23-13-16-6-5-11-22-12-16)15(2)26-21(24-14)18-7-3-4-8-19(18)25-26;/h3-4,7-8,16,22H,5-6,9-13H2,1-2H3,(H,23,27);1H. The van der Waals surface area contributed by atoms with Crippen LogP contribution in [0.5, 0.6) is 0 Å². The number of aryl methyl sites for hydroxylation is 2. The molecule has 3 aromatic rings. The molecule has 6 nitrogen and oxygen atoms in total. The van der Waals surface area contributed by atoms with Gasteiger partial charge in [0.25, 0.3) is 0 Å². The van der Waals surface area contributed by atoms with Crippen molar-refractivity contribution in [1.82, 2.24) is 25.2 Å². The van der Waals surface area contributed by atoms with E-state index in [9.17, 15) is 4.79 Å². The van der Waals surface area contributed by atoms with Gasteiger partial charge in [-0.05, 0) is 69.8 Å². The average Bonchev–Trinajstić information content (AvgIpc) is 3.06. The zero-order valence-corrected chi connectivity index (χ0v) is 17.3. The third-order valence-electron chi connectivity index (χ3n) is 5.61. The van der Waals surface area contributed by atoms with Crippen LogP contribution in [-0.4, -0.2) is 40.1 Å². The van der Waals surface area contributed by atoms with Crippen molar-refractivity contribution >= 4 is 34.9 Å². The van der Waals surface area contributed by atoms with Gasteiger partial charge in [0.15, 0.2) is 5.65 Å². The summed E-state index contributed by atoms with van der Waals surface area (Å²) in [7, 11) is 0. The third-order valence-corrected chi connectivity index (χ3v) is 5.61. The first-order valence-electron chi connectivity index (χ1n) is 9.84. The highest BCUT2D eigenvalue weighted by atomic mass is 35.5. The highest BCUT2D eigenvalue weighted by Crippen LogP contribution is 2.22. The smallest absolute Gasteiger partial charge is 0.220 e. The Morgan fingerprint density at radius 2 is 2.14 bits per heavy atom. The number of benzene rings is 1. The molecule has 1 aliphatic heterocycles. The first kappa shape index (κ1) is 20.6. The fourth-order valence-corrected chi connectivity index (χ4v) is 4.02. The summed E-state index contributed by atoms with van der Waals surface area (Å²) in [5.74, 6) is 0.672. The van der Waals surface area contributed by atoms with Crippen molar-refractivity contribution in [2.75, 3.05) is 19.6 Å². The number of carbonyl (C=O) groups is 1. The maximum absolute atomic E-state index is 12.3. The monoisotopic (exact) mass is 401 g/mol. The van der Waals surface area contributed by atoms with Gasteiger partial charge in [0.1, 0.15) is 0 Å². The minimum absolute atomic E-state index is 0. The lowest BCUT2D eigenvalue weighted by molar-refractivity contribution is -0.121. The normalized spacial score (nSPS) is 16.9. The summed E-state index contributed by atoms with van der Waals surface area (Å²) in [5.41, 5.74) is 5.00. The molecule has 1 aliphatic rings. The van der Waals surface area contributed by atoms with Crippen molar-refractivity contribution in [2.24, 2.45) is 5.92 Å². The number of hydrogen-bond acceptors (Lipinski definition) is 4. The van der Waals surface area contributed by atoms with E-state index < -0.39 is 0 Å². The molecule has 1 amide bonds. The Balaban J connectivity index is 0.00000225. The molecule has 1 atom stereocenters. The molecule has 1 saturated heterocycles. The Bertz CT molecular complexity index is 978. The predicted octanol–water partition coefficient (Wildman–Crippen LogP) is 2.97. The molecule has 28 heavy (non-hydrogen) atoms. The Morgan fingerprint density at radius 1 is 1.32 bits per heavy atom. The molecule has 3 heterocycles. The average molecular weight is 402 g/mol. The topological polar surface area (TPSA) is 71.3 Å². The first-order chi connectivity index (χ1) is 13.1. The lowest BCUT2D eigenvalue weighted by Crippen LogP contribution is -2.38. The van der Waals surface area contributed by atoms with Crippen LogP contribution in [0.15, 0.2) is 24.3 Å². The van der Waals surface area contributed by atoms with Crippen LogP contribution < -0.4 is 10.6 Å². The van der Waals surface area contributed by atoms with Gasteiger partial charge in [-0.25, -0.2) is 9.50 Å². The van der Waals surface area contributed by atoms with E-state index in [1.165, 1.54) is 12.8 Å². The molecule has 4 rings (SSSR count). The Hall–Kier alpha value is -2.18. The van der Waals surface area contributed by atoms with Gasteiger partial charge < -0.3 is 10.6 Å². The molecule has 1 fully saturated rings. The van der Waals surface area contributed by atoms with Crippen LogP contribution in [-0.2, 0) is 11.2 Å². The number of nitrogens with zero attached hydrogens (tertiary/aromatic N) is 3. The van der Waals surface area contributed by atoms with Gasteiger partial charge in [-0.1, -0.05) is 12.1 Å². The van der Waals surface area contributed by atoms with Crippen LogP contribution >= 0.6 is 12.4 Å². The minimum atomic E-state index is 0. The summed E-state index contributed by atoms with van der Waals surface area (Å²) in [5, 5.41) is 12.2. The van der Waals surface area contributed by atoms with Crippen LogP contribution in [0.25, 0.3) is 16.6 Å². The third kappa shape index (κ3) is 4.13. The number of amides is 1. The number of rotatable bonds is 5. The molecule has 1 unspecified atom stereocenters. The lowest BCUT2D eigenvalue weighted by Gasteiger charge is -2.22. The van der Waals surface area contributed by atoms with Gasteiger partial charge in [-0.2, -0.15) is 5.10 Å². The second-order valence-electron chi connectivity index (χ2n) is 7.53. The van der Waals surface area contributed by atoms with Crippen LogP contribution in [0.4, 0.5) is 0 Å². The second-order valence-corrected chi connectivity index (χ2v) is 7.53. The minimum Gasteiger partial charge on any atom is -0.356 e. The Morgan fingerprint density at radius 3 is 2.93 bits per heavy atom. The van der Waals surface area contributed by atoms with Gasteiger partial charge >= 0.3 is 0 Å². The Labute approximate surface area is 171 Å². The fourth-order valence-electron chi connectivity index (χ4n) is 4.02. The van der Waals surface area contributed by atoms with E-state index in [1.54, 1.807) is 0 Å². The number of halogens is 1. The largest absolute Gasteiger partial charge is 0.356 e. The molecule has 0 spiro atoms. The maximum atomic E-state index is 12.3. The second kappa shape index (κ2) is 8.88. The van der Waals surface area contributed by atoms with Crippen molar-refractivity contribution in [1.29, 1.82) is 0 Å². The number of piperidine rings is 1. The highest BCUT2D eigenvalue weighted by molar-refractivity contribution is 5.92. The van der Waals surface area contributed by atoms with Gasteiger partial charge in [0.2, 0.25) is 5.91 Å². The van der Waals surface area contributed by atoms with E-state index in [0.29, 0.717) is 18.8 Å². The molecule has 2 aromatic heterocycles. The van der Waals surface area contributed by atoms with Crippen molar-refractivity contribution in [3.8, 4) is 0 Å². The summed E-state index contributed by atoms with van der Waals surface area (Å²) >= 11 is 0. The van der Waals surface area contributed by atoms with E-state index in [1.807, 2.05) is 29.6 Å². The van der Waals surface area contributed by atoms with Gasteiger partial charge in [-0.15, -0.1) is 12.4 Å². The van der Waals surface area contributed by atoms with E-state index in [4.69, 9.17) is 4.98 Å². The van der Waals surface area contributed by atoms with E-state index in [2.05, 4.69) is 28.7 Å². The van der Waals surface area contributed by atoms with Crippen molar-refractivity contribution in [3.05, 3.63) is 41.2 Å². The molecular weight excluding hydrogens is 374 g/mol. The predicted molar refractivity (Wildman–Crippen MR) is 114 cm³/mol. The molecule has 2 N–H and O–H groups in total. The van der Waals surface area contributed by atoms with Crippen LogP contribution in [0.2, 0.25) is 0 Å². The fraction of sp³-hybridized carbons (Fsp3) is 0.476. The molecule has 0 aliphatic carbocycles. The zero-order chi connectivity index (χ0) is 18.8. The van der Waals surface area contributed by atoms with Crippen LogP contribution in [0, 0.1) is 19.8 Å². The number of nitrogens with one attached hydrogen (secondary N) is 2. The molecule has 1 aromatic carbocycles. The van der Waals surface area contributed by atoms with Crippen LogP contribution in [0.3, 0.4) is 0 Å². The molecule has 0 bridgehead atoms. The lowest BCUT2D eigenvalue weighted by atomic mass is 9.99. The van der Waals surface area contributed by atoms with E-state index in [0.717, 1.165) is 53.1 Å². The summed E-state index contributed by atoms with van der Waals surface area (Å²) < 4.78 is 1.92. The number of fused-ring (bicyclic) bond motifs is 3. The van der Waals surface area contributed by atoms with Gasteiger partial charge in [-0.3, -0.25) is 4.79 Å². The van der Waals surface area contributed by atoms with Crippen molar-refractivity contribution in [2.45, 2.75) is 39.5 Å². The van der Waals surface area contributed by atoms with Crippen LogP contribution in [0.1, 0.15) is 36.2 Å². The summed E-state index contributed by atoms with van der Waals surface area (Å²) in [6.45, 7) is 6.96. The van der Waals surface area contributed by atoms with Gasteiger partial charge in [0.05, 0.1) is 5.52 Å². The molecule has 0 saturated carbocycles. The number of hydrogen-bond donors (Lipinski definition) is 2. The SMILES string of the molecule is Cc1nc2c3ccccc3nn2c(C)c1CCC(=O)NCC1CCCNC1.Cl. The zero-order valence-electron chi connectivity index (χ0n) is 16.5. The molecule has 7 heteroatoms. The Kier molecular flexibility index (Phi) is 6.52. The van der Waals surface area contributed by atoms with E-state index in [-0.39, 0.29) is 18.3 Å². The van der Waals surface area contributed by atoms with E-state index >= 15 is 0 Å². The maximum Gasteiger partial charge on any atom is 0.220 e. The first-order valence-corrected chi connectivity index (χ1v) is 9.84. The summed E-state index contributed by atoms with van der Waals surface area (Å²) in [4.78, 5) is 17.1. The summed E-state index contributed by atoms with van der Waals surface area (Å²) in [6, 6.07) is 8.06. The van der Waals surface area contributed by atoms with Gasteiger partial charge in [0, 0.05) is 29.7 Å². The highest BCUT2D eigenvalue weighted by Gasteiger charge is 2.16. The van der Waals surface area contributed by atoms with Crippen molar-refractivity contribution < 1.29 is 4.79 Å². The van der Waals surface area contributed by atoms with Crippen molar-refractivity contribution in [3.63, 3.8) is 0 Å². The molecule has 150 valence electrons. The quantitative estimate of drug-likeness (QED) is 0.689.